The van der Waals surface area contributed by atoms with Crippen molar-refractivity contribution in [2.24, 2.45) is 0 Å². The summed E-state index contributed by atoms with van der Waals surface area (Å²) in [4.78, 5) is 1.99. The fourth-order valence-corrected chi connectivity index (χ4v) is 0.405. The molecule has 0 aliphatic heterocycles. The summed E-state index contributed by atoms with van der Waals surface area (Å²) < 4.78 is 0. The van der Waals surface area contributed by atoms with Gasteiger partial charge < -0.3 is 10.0 Å². The number of rotatable bonds is 3. The molecule has 0 fully saturated rings. The molecule has 0 aromatic rings. The van der Waals surface area contributed by atoms with Gasteiger partial charge in [0.15, 0.2) is 0 Å². The molecule has 2 heteroatoms. The van der Waals surface area contributed by atoms with E-state index >= 15 is 0 Å². The molecule has 0 heterocycles. The van der Waals surface area contributed by atoms with Gasteiger partial charge in [-0.25, -0.2) is 0 Å². The molecule has 0 amide bonds. The van der Waals surface area contributed by atoms with Gasteiger partial charge in [0.05, 0.1) is 0 Å². The maximum atomic E-state index is 8.95. The predicted octanol–water partition coefficient (Wildman–Crippen LogP) is 1.91. The van der Waals surface area contributed by atoms with E-state index in [4.69, 9.17) is 5.11 Å². The lowest BCUT2D eigenvalue weighted by Gasteiger charge is -2.08. The van der Waals surface area contributed by atoms with E-state index in [1.807, 2.05) is 18.1 Å². The van der Waals surface area contributed by atoms with E-state index in [2.05, 4.69) is 6.92 Å². The molecule has 0 aromatic carbocycles. The van der Waals surface area contributed by atoms with Crippen LogP contribution in [0.2, 0.25) is 0 Å². The largest absolute Gasteiger partial charge is 0.508 e. The van der Waals surface area contributed by atoms with E-state index in [0.29, 0.717) is 5.76 Å². The first-order valence-corrected chi connectivity index (χ1v) is 3.44. The Morgan fingerprint density at radius 3 is 2.60 bits per heavy atom. The molecular weight excluding hydrogens is 126 g/mol. The Kier molecular flexibility index (Phi) is 4.46. The molecule has 58 valence electrons. The van der Waals surface area contributed by atoms with Crippen LogP contribution in [0.4, 0.5) is 0 Å². The van der Waals surface area contributed by atoms with E-state index in [0.717, 1.165) is 6.54 Å². The van der Waals surface area contributed by atoms with Gasteiger partial charge in [-0.3, -0.25) is 0 Å². The second-order valence-electron chi connectivity index (χ2n) is 2.10. The Morgan fingerprint density at radius 1 is 1.60 bits per heavy atom. The molecular formula is C8H15NO. The second-order valence-corrected chi connectivity index (χ2v) is 2.10. The molecule has 2 nitrogen and oxygen atoms in total. The van der Waals surface area contributed by atoms with Crippen molar-refractivity contribution in [2.45, 2.75) is 13.8 Å². The minimum atomic E-state index is 0.306. The maximum absolute atomic E-state index is 8.95. The van der Waals surface area contributed by atoms with Crippen molar-refractivity contribution in [1.29, 1.82) is 0 Å². The van der Waals surface area contributed by atoms with Crippen molar-refractivity contribution in [1.82, 2.24) is 4.90 Å². The Bertz CT molecular complexity index is 138. The molecule has 0 saturated heterocycles. The van der Waals surface area contributed by atoms with E-state index in [1.54, 1.807) is 19.1 Å². The number of allylic oxidation sites excluding steroid dienone is 2. The zero-order valence-corrected chi connectivity index (χ0v) is 6.83. The fraction of sp³-hybridized carbons (Fsp3) is 0.500. The van der Waals surface area contributed by atoms with Gasteiger partial charge in [-0.1, -0.05) is 0 Å². The van der Waals surface area contributed by atoms with Crippen LogP contribution in [0, 0.1) is 0 Å². The Balaban J connectivity index is 3.75. The average molecular weight is 141 g/mol. The molecule has 0 aliphatic rings. The second kappa shape index (κ2) is 4.91. The molecule has 10 heavy (non-hydrogen) atoms. The number of aliphatic hydroxyl groups excluding tert-OH is 1. The van der Waals surface area contributed by atoms with Crippen LogP contribution in [0.25, 0.3) is 0 Å². The summed E-state index contributed by atoms with van der Waals surface area (Å²) in [5.74, 6) is 0.306. The summed E-state index contributed by atoms with van der Waals surface area (Å²) in [7, 11) is 1.96. The molecule has 0 radical (unpaired) electrons. The lowest BCUT2D eigenvalue weighted by molar-refractivity contribution is 0.424. The molecule has 0 atom stereocenters. The van der Waals surface area contributed by atoms with Gasteiger partial charge in [-0.15, -0.1) is 0 Å². The SMILES string of the molecule is C/C=C(O)\C=C\N(C)CC. The Morgan fingerprint density at radius 2 is 2.20 bits per heavy atom. The predicted molar refractivity (Wildman–Crippen MR) is 43.8 cm³/mol. The van der Waals surface area contributed by atoms with Crippen molar-refractivity contribution in [2.75, 3.05) is 13.6 Å². The molecule has 0 spiro atoms. The van der Waals surface area contributed by atoms with Crippen molar-refractivity contribution < 1.29 is 5.11 Å². The summed E-state index contributed by atoms with van der Waals surface area (Å²) in [5.41, 5.74) is 0. The zero-order chi connectivity index (χ0) is 7.98. The number of nitrogens with zero attached hydrogens (tertiary/aromatic N) is 1. The maximum Gasteiger partial charge on any atom is 0.112 e. The van der Waals surface area contributed by atoms with Crippen LogP contribution in [-0.2, 0) is 0 Å². The Labute approximate surface area is 62.5 Å². The molecule has 1 N–H and O–H groups in total. The van der Waals surface area contributed by atoms with Crippen molar-refractivity contribution >= 4 is 0 Å². The van der Waals surface area contributed by atoms with Crippen molar-refractivity contribution in [3.05, 3.63) is 24.1 Å². The lowest BCUT2D eigenvalue weighted by Crippen LogP contribution is -2.08. The van der Waals surface area contributed by atoms with Gasteiger partial charge in [0.1, 0.15) is 5.76 Å². The van der Waals surface area contributed by atoms with Crippen LogP contribution in [-0.4, -0.2) is 23.6 Å². The first-order chi connectivity index (χ1) is 4.70. The summed E-state index contributed by atoms with van der Waals surface area (Å²) in [6.07, 6.45) is 5.17. The van der Waals surface area contributed by atoms with Crippen LogP contribution >= 0.6 is 0 Å². The molecule has 0 unspecified atom stereocenters. The third-order valence-corrected chi connectivity index (χ3v) is 1.29. The van der Waals surface area contributed by atoms with Gasteiger partial charge in [-0.05, 0) is 26.0 Å². The topological polar surface area (TPSA) is 23.5 Å². The third kappa shape index (κ3) is 4.01. The highest BCUT2D eigenvalue weighted by Gasteiger charge is 1.83. The number of hydrogen-bond donors (Lipinski definition) is 1. The van der Waals surface area contributed by atoms with Crippen LogP contribution < -0.4 is 0 Å². The highest BCUT2D eigenvalue weighted by molar-refractivity contribution is 5.08. The monoisotopic (exact) mass is 141 g/mol. The smallest absolute Gasteiger partial charge is 0.112 e. The van der Waals surface area contributed by atoms with E-state index < -0.39 is 0 Å². The zero-order valence-electron chi connectivity index (χ0n) is 6.83. The summed E-state index contributed by atoms with van der Waals surface area (Å²) >= 11 is 0. The minimum absolute atomic E-state index is 0.306. The van der Waals surface area contributed by atoms with Crippen molar-refractivity contribution in [3.63, 3.8) is 0 Å². The average Bonchev–Trinajstić information content (AvgIpc) is 1.99. The third-order valence-electron chi connectivity index (χ3n) is 1.29. The normalized spacial score (nSPS) is 12.5. The van der Waals surface area contributed by atoms with Gasteiger partial charge in [0.2, 0.25) is 0 Å². The fourth-order valence-electron chi connectivity index (χ4n) is 0.405. The van der Waals surface area contributed by atoms with Crippen LogP contribution in [0.5, 0.6) is 0 Å². The van der Waals surface area contributed by atoms with Gasteiger partial charge in [0.25, 0.3) is 0 Å². The highest BCUT2D eigenvalue weighted by atomic mass is 16.3. The standard InChI is InChI=1S/C8H15NO/c1-4-8(10)6-7-9(3)5-2/h4,6-7,10H,5H2,1-3H3/b7-6+,8-4+. The molecule has 0 saturated carbocycles. The van der Waals surface area contributed by atoms with E-state index in [1.165, 1.54) is 0 Å². The molecule has 0 rings (SSSR count). The van der Waals surface area contributed by atoms with Crippen LogP contribution in [0.3, 0.4) is 0 Å². The van der Waals surface area contributed by atoms with Crippen molar-refractivity contribution in [3.8, 4) is 0 Å². The molecule has 0 bridgehead atoms. The quantitative estimate of drug-likeness (QED) is 0.479. The molecule has 0 aromatic heterocycles. The number of aliphatic hydroxyl groups is 1. The van der Waals surface area contributed by atoms with Gasteiger partial charge in [0, 0.05) is 19.8 Å². The Hall–Kier alpha value is -0.920. The summed E-state index contributed by atoms with van der Waals surface area (Å²) in [6.45, 7) is 4.80. The van der Waals surface area contributed by atoms with E-state index in [9.17, 15) is 0 Å². The van der Waals surface area contributed by atoms with Crippen LogP contribution in [0.15, 0.2) is 24.1 Å². The molecule has 0 aliphatic carbocycles. The first kappa shape index (κ1) is 9.08. The van der Waals surface area contributed by atoms with Crippen LogP contribution in [0.1, 0.15) is 13.8 Å². The first-order valence-electron chi connectivity index (χ1n) is 3.44. The van der Waals surface area contributed by atoms with Gasteiger partial charge in [-0.2, -0.15) is 0 Å². The van der Waals surface area contributed by atoms with E-state index in [-0.39, 0.29) is 0 Å². The van der Waals surface area contributed by atoms with Gasteiger partial charge >= 0.3 is 0 Å². The summed E-state index contributed by atoms with van der Waals surface area (Å²) in [5, 5.41) is 8.95. The summed E-state index contributed by atoms with van der Waals surface area (Å²) in [6, 6.07) is 0. The lowest BCUT2D eigenvalue weighted by atomic mass is 10.4. The number of hydrogen-bond acceptors (Lipinski definition) is 2. The minimum Gasteiger partial charge on any atom is -0.508 e. The highest BCUT2D eigenvalue weighted by Crippen LogP contribution is 1.91.